The van der Waals surface area contributed by atoms with Gasteiger partial charge in [-0.05, 0) is 18.9 Å². The maximum Gasteiger partial charge on any atom is 0.352 e. The summed E-state index contributed by atoms with van der Waals surface area (Å²) in [5, 5.41) is 17.2. The van der Waals surface area contributed by atoms with Crippen molar-refractivity contribution in [2.45, 2.75) is 31.7 Å². The van der Waals surface area contributed by atoms with Crippen LogP contribution in [-0.4, -0.2) is 62.3 Å². The van der Waals surface area contributed by atoms with Crippen molar-refractivity contribution in [3.63, 3.8) is 0 Å². The maximum atomic E-state index is 12.7. The Labute approximate surface area is 168 Å². The number of oxime groups is 1. The lowest BCUT2D eigenvalue weighted by atomic mass is 10.0. The lowest BCUT2D eigenvalue weighted by Crippen LogP contribution is -2.71. The highest BCUT2D eigenvalue weighted by Gasteiger charge is 2.54. The summed E-state index contributed by atoms with van der Waals surface area (Å²) in [6.45, 7) is 3.89. The van der Waals surface area contributed by atoms with Crippen LogP contribution < -0.4 is 11.1 Å². The first-order valence-corrected chi connectivity index (χ1v) is 10.4. The fourth-order valence-corrected chi connectivity index (χ4v) is 4.63. The Hall–Kier alpha value is -2.60. The number of carbonyl (C=O) groups excluding carboxylic acids is 2. The number of hydrogen-bond acceptors (Lipinski definition) is 9. The second-order valence-corrected chi connectivity index (χ2v) is 8.13. The molecule has 10 nitrogen and oxygen atoms in total. The first-order chi connectivity index (χ1) is 13.3. The van der Waals surface area contributed by atoms with Gasteiger partial charge in [-0.1, -0.05) is 12.1 Å². The molecule has 12 heteroatoms. The summed E-state index contributed by atoms with van der Waals surface area (Å²) in [5.41, 5.74) is 6.38. The molecule has 2 aliphatic heterocycles. The number of fused-ring (bicyclic) bond motifs is 1. The van der Waals surface area contributed by atoms with Crippen LogP contribution in [0.5, 0.6) is 0 Å². The topological polar surface area (TPSA) is 147 Å². The zero-order chi connectivity index (χ0) is 20.4. The Morgan fingerprint density at radius 2 is 2.29 bits per heavy atom. The molecule has 2 aliphatic rings. The third-order valence-electron chi connectivity index (χ3n) is 4.08. The molecule has 3 heterocycles. The normalized spacial score (nSPS) is 21.9. The number of aromatic nitrogens is 1. The SMILES string of the molecule is CCCO/N=C(/C(=O)NC1C(=O)N2C(C(=O)O)=C(C)CS[C@H]12)c1csc(N)n1. The van der Waals surface area contributed by atoms with Crippen LogP contribution in [-0.2, 0) is 19.2 Å². The molecule has 0 spiro atoms. The predicted octanol–water partition coefficient (Wildman–Crippen LogP) is 0.615. The van der Waals surface area contributed by atoms with E-state index in [4.69, 9.17) is 10.6 Å². The van der Waals surface area contributed by atoms with Gasteiger partial charge in [0.05, 0.1) is 0 Å². The largest absolute Gasteiger partial charge is 0.477 e. The number of carboxylic acids is 1. The molecule has 1 aromatic rings. The summed E-state index contributed by atoms with van der Waals surface area (Å²) in [5.74, 6) is -1.81. The van der Waals surface area contributed by atoms with Gasteiger partial charge in [0.1, 0.15) is 29.4 Å². The molecule has 3 rings (SSSR count). The summed E-state index contributed by atoms with van der Waals surface area (Å²) >= 11 is 2.54. The highest BCUT2D eigenvalue weighted by Crippen LogP contribution is 2.40. The number of nitrogen functional groups attached to an aromatic ring is 1. The third-order valence-corrected chi connectivity index (χ3v) is 6.18. The Balaban J connectivity index is 1.77. The minimum atomic E-state index is -1.16. The Kier molecular flexibility index (Phi) is 5.89. The Bertz CT molecular complexity index is 881. The highest BCUT2D eigenvalue weighted by atomic mass is 32.2. The summed E-state index contributed by atoms with van der Waals surface area (Å²) in [6.07, 6.45) is 0.704. The number of aliphatic carboxylic acids is 1. The molecular weight excluding hydrogens is 406 g/mol. The monoisotopic (exact) mass is 425 g/mol. The molecule has 0 radical (unpaired) electrons. The lowest BCUT2D eigenvalue weighted by molar-refractivity contribution is -0.150. The average molecular weight is 425 g/mol. The van der Waals surface area contributed by atoms with Crippen LogP contribution in [0.25, 0.3) is 0 Å². The molecule has 150 valence electrons. The molecular formula is C16H19N5O5S2. The number of β-lactam (4-membered cyclic amide) rings is 1. The first-order valence-electron chi connectivity index (χ1n) is 8.45. The van der Waals surface area contributed by atoms with E-state index < -0.39 is 29.2 Å². The van der Waals surface area contributed by atoms with Crippen molar-refractivity contribution >= 4 is 51.7 Å². The van der Waals surface area contributed by atoms with E-state index in [0.29, 0.717) is 24.4 Å². The number of thiazole rings is 1. The van der Waals surface area contributed by atoms with E-state index in [1.165, 1.54) is 16.7 Å². The minimum absolute atomic E-state index is 0.0216. The van der Waals surface area contributed by atoms with Gasteiger partial charge >= 0.3 is 5.97 Å². The van der Waals surface area contributed by atoms with Crippen molar-refractivity contribution in [1.29, 1.82) is 0 Å². The average Bonchev–Trinajstić information content (AvgIpc) is 3.08. The number of rotatable bonds is 7. The van der Waals surface area contributed by atoms with Crippen LogP contribution in [0.3, 0.4) is 0 Å². The fourth-order valence-electron chi connectivity index (χ4n) is 2.79. The molecule has 0 aliphatic carbocycles. The number of hydrogen-bond donors (Lipinski definition) is 3. The molecule has 0 saturated carbocycles. The van der Waals surface area contributed by atoms with Crippen LogP contribution in [0.2, 0.25) is 0 Å². The van der Waals surface area contributed by atoms with E-state index in [9.17, 15) is 19.5 Å². The second-order valence-electron chi connectivity index (χ2n) is 6.14. The van der Waals surface area contributed by atoms with Gasteiger partial charge in [0.15, 0.2) is 10.8 Å². The van der Waals surface area contributed by atoms with Gasteiger partial charge in [-0.15, -0.1) is 23.1 Å². The van der Waals surface area contributed by atoms with E-state index in [-0.39, 0.29) is 22.2 Å². The number of nitrogens with zero attached hydrogens (tertiary/aromatic N) is 3. The van der Waals surface area contributed by atoms with Gasteiger partial charge in [0.25, 0.3) is 11.8 Å². The number of carboxylic acid groups (broad SMARTS) is 1. The number of anilines is 1. The summed E-state index contributed by atoms with van der Waals surface area (Å²) in [4.78, 5) is 47.1. The van der Waals surface area contributed by atoms with Crippen LogP contribution in [0.1, 0.15) is 26.0 Å². The predicted molar refractivity (Wildman–Crippen MR) is 105 cm³/mol. The lowest BCUT2D eigenvalue weighted by Gasteiger charge is -2.49. The van der Waals surface area contributed by atoms with Crippen LogP contribution in [0, 0.1) is 0 Å². The van der Waals surface area contributed by atoms with Gasteiger partial charge in [-0.2, -0.15) is 0 Å². The zero-order valence-corrected chi connectivity index (χ0v) is 16.8. The standard InChI is InChI=1S/C16H19N5O5S2/c1-3-4-26-20-9(8-6-28-16(17)18-8)12(22)19-10-13(23)21-11(15(24)25)7(2)5-27-14(10)21/h6,10,14H,3-5H2,1-2H3,(H2,17,18)(H,19,22)(H,24,25)/b20-9+/t10?,14-/m1/s1. The van der Waals surface area contributed by atoms with Gasteiger partial charge in [0, 0.05) is 11.1 Å². The highest BCUT2D eigenvalue weighted by molar-refractivity contribution is 8.00. The Morgan fingerprint density at radius 3 is 2.89 bits per heavy atom. The van der Waals surface area contributed by atoms with E-state index >= 15 is 0 Å². The molecule has 2 amide bonds. The molecule has 28 heavy (non-hydrogen) atoms. The number of nitrogens with one attached hydrogen (secondary N) is 1. The molecule has 1 unspecified atom stereocenters. The number of amides is 2. The van der Waals surface area contributed by atoms with Gasteiger partial charge in [-0.25, -0.2) is 9.78 Å². The van der Waals surface area contributed by atoms with Gasteiger partial charge in [-0.3, -0.25) is 14.5 Å². The maximum absolute atomic E-state index is 12.7. The molecule has 2 atom stereocenters. The molecule has 0 aromatic carbocycles. The smallest absolute Gasteiger partial charge is 0.352 e. The molecule has 4 N–H and O–H groups in total. The third kappa shape index (κ3) is 3.69. The van der Waals surface area contributed by atoms with E-state index in [0.717, 1.165) is 11.3 Å². The van der Waals surface area contributed by atoms with Crippen LogP contribution in [0.4, 0.5) is 5.13 Å². The molecule has 1 saturated heterocycles. The number of carbonyl (C=O) groups is 3. The van der Waals surface area contributed by atoms with Crippen molar-refractivity contribution in [2.24, 2.45) is 5.16 Å². The van der Waals surface area contributed by atoms with Crippen molar-refractivity contribution < 1.29 is 24.3 Å². The van der Waals surface area contributed by atoms with E-state index in [1.807, 2.05) is 6.92 Å². The van der Waals surface area contributed by atoms with Crippen molar-refractivity contribution in [1.82, 2.24) is 15.2 Å². The molecule has 0 bridgehead atoms. The second kappa shape index (κ2) is 8.19. The number of thioether (sulfide) groups is 1. The van der Waals surface area contributed by atoms with Crippen molar-refractivity contribution in [3.8, 4) is 0 Å². The summed E-state index contributed by atoms with van der Waals surface area (Å²) in [7, 11) is 0. The van der Waals surface area contributed by atoms with Gasteiger partial charge < -0.3 is 21.0 Å². The molecule has 1 fully saturated rings. The van der Waals surface area contributed by atoms with Gasteiger partial charge in [0.2, 0.25) is 0 Å². The summed E-state index contributed by atoms with van der Waals surface area (Å²) < 4.78 is 0. The summed E-state index contributed by atoms with van der Waals surface area (Å²) in [6, 6.07) is -0.854. The number of nitrogens with two attached hydrogens (primary N) is 1. The zero-order valence-electron chi connectivity index (χ0n) is 15.2. The first kappa shape index (κ1) is 20.1. The quantitative estimate of drug-likeness (QED) is 0.249. The minimum Gasteiger partial charge on any atom is -0.477 e. The Morgan fingerprint density at radius 1 is 1.54 bits per heavy atom. The van der Waals surface area contributed by atoms with E-state index in [2.05, 4.69) is 15.5 Å². The fraction of sp³-hybridized carbons (Fsp3) is 0.438. The van der Waals surface area contributed by atoms with Crippen molar-refractivity contribution in [3.05, 3.63) is 22.3 Å². The van der Waals surface area contributed by atoms with Crippen LogP contribution in [0.15, 0.2) is 21.8 Å². The van der Waals surface area contributed by atoms with Crippen LogP contribution >= 0.6 is 23.1 Å². The molecule has 1 aromatic heterocycles. The van der Waals surface area contributed by atoms with E-state index in [1.54, 1.807) is 12.3 Å². The van der Waals surface area contributed by atoms with Crippen molar-refractivity contribution in [2.75, 3.05) is 18.1 Å².